The third-order valence-corrected chi connectivity index (χ3v) is 5.40. The van der Waals surface area contributed by atoms with E-state index in [0.29, 0.717) is 16.6 Å². The maximum atomic E-state index is 11.7. The maximum Gasteiger partial charge on any atom is 0.325 e. The van der Waals surface area contributed by atoms with Crippen molar-refractivity contribution in [3.63, 3.8) is 0 Å². The van der Waals surface area contributed by atoms with Gasteiger partial charge in [0.05, 0.1) is 10.0 Å². The van der Waals surface area contributed by atoms with Crippen LogP contribution in [0.25, 0.3) is 0 Å². The summed E-state index contributed by atoms with van der Waals surface area (Å²) in [7, 11) is 0. The fraction of sp³-hybridized carbons (Fsp3) is 0.267. The predicted octanol–water partition coefficient (Wildman–Crippen LogP) is 4.24. The van der Waals surface area contributed by atoms with Gasteiger partial charge in [0, 0.05) is 18.0 Å². The zero-order valence-corrected chi connectivity index (χ0v) is 13.4. The summed E-state index contributed by atoms with van der Waals surface area (Å²) in [5.74, 6) is -0.811. The standard InChI is InChI=1S/C15H13Cl2NO2S/c16-11-2-1-9(7-12(11)17)8-18-5-3-13-10(4-6-21-13)14(18)15(19)20/h1-2,4,6-7,14H,3,5,8H2,(H,19,20). The maximum absolute atomic E-state index is 11.7. The summed E-state index contributed by atoms with van der Waals surface area (Å²) in [5, 5.41) is 12.5. The second kappa shape index (κ2) is 5.97. The number of hydrogen-bond acceptors (Lipinski definition) is 3. The summed E-state index contributed by atoms with van der Waals surface area (Å²) in [6.07, 6.45) is 0.887. The summed E-state index contributed by atoms with van der Waals surface area (Å²) in [6, 6.07) is 6.76. The molecule has 1 aliphatic heterocycles. The van der Waals surface area contributed by atoms with Gasteiger partial charge in [-0.25, -0.2) is 0 Å². The van der Waals surface area contributed by atoms with Crippen LogP contribution in [0.2, 0.25) is 10.0 Å². The Balaban J connectivity index is 1.88. The summed E-state index contributed by atoms with van der Waals surface area (Å²) >= 11 is 13.6. The zero-order valence-electron chi connectivity index (χ0n) is 11.1. The van der Waals surface area contributed by atoms with Gasteiger partial charge in [0.2, 0.25) is 0 Å². The minimum atomic E-state index is -0.811. The second-order valence-corrected chi connectivity index (χ2v) is 6.82. The average molecular weight is 342 g/mol. The molecule has 0 saturated heterocycles. The molecule has 21 heavy (non-hydrogen) atoms. The molecule has 110 valence electrons. The normalized spacial score (nSPS) is 18.5. The molecule has 1 aliphatic rings. The monoisotopic (exact) mass is 341 g/mol. The van der Waals surface area contributed by atoms with E-state index in [1.54, 1.807) is 23.5 Å². The zero-order chi connectivity index (χ0) is 15.0. The molecule has 2 aromatic rings. The molecule has 3 rings (SSSR count). The number of carboxylic acids is 1. The molecule has 0 aliphatic carbocycles. The Labute approximate surface area is 136 Å². The number of thiophene rings is 1. The quantitative estimate of drug-likeness (QED) is 0.907. The second-order valence-electron chi connectivity index (χ2n) is 5.01. The van der Waals surface area contributed by atoms with Gasteiger partial charge in [-0.15, -0.1) is 11.3 Å². The minimum Gasteiger partial charge on any atom is -0.480 e. The minimum absolute atomic E-state index is 0.495. The third-order valence-electron chi connectivity index (χ3n) is 3.67. The molecule has 1 atom stereocenters. The first-order valence-corrected chi connectivity index (χ1v) is 8.17. The van der Waals surface area contributed by atoms with Crippen molar-refractivity contribution in [1.29, 1.82) is 0 Å². The number of hydrogen-bond donors (Lipinski definition) is 1. The molecular formula is C15H13Cl2NO2S. The number of nitrogens with zero attached hydrogens (tertiary/aromatic N) is 1. The van der Waals surface area contributed by atoms with Crippen molar-refractivity contribution < 1.29 is 9.90 Å². The molecule has 2 heterocycles. The SMILES string of the molecule is O=C(O)C1c2ccsc2CCN1Cc1ccc(Cl)c(Cl)c1. The first-order valence-electron chi connectivity index (χ1n) is 6.53. The third kappa shape index (κ3) is 2.94. The Morgan fingerprint density at radius 2 is 2.14 bits per heavy atom. The fourth-order valence-corrected chi connectivity index (χ4v) is 3.92. The summed E-state index contributed by atoms with van der Waals surface area (Å²) in [4.78, 5) is 14.8. The van der Waals surface area contributed by atoms with E-state index < -0.39 is 12.0 Å². The Morgan fingerprint density at radius 1 is 1.33 bits per heavy atom. The van der Waals surface area contributed by atoms with Gasteiger partial charge in [0.25, 0.3) is 0 Å². The van der Waals surface area contributed by atoms with E-state index in [4.69, 9.17) is 23.2 Å². The molecule has 0 fully saturated rings. The van der Waals surface area contributed by atoms with E-state index in [1.165, 1.54) is 4.88 Å². The van der Waals surface area contributed by atoms with Crippen LogP contribution in [-0.2, 0) is 17.8 Å². The number of halogens is 2. The van der Waals surface area contributed by atoms with Crippen LogP contribution in [0.5, 0.6) is 0 Å². The van der Waals surface area contributed by atoms with Crippen molar-refractivity contribution in [2.45, 2.75) is 19.0 Å². The Bertz CT molecular complexity index is 686. The first-order chi connectivity index (χ1) is 10.1. The largest absolute Gasteiger partial charge is 0.480 e. The number of aliphatic carboxylic acids is 1. The van der Waals surface area contributed by atoms with Crippen LogP contribution < -0.4 is 0 Å². The summed E-state index contributed by atoms with van der Waals surface area (Å²) in [5.41, 5.74) is 1.88. The lowest BCUT2D eigenvalue weighted by Crippen LogP contribution is -2.38. The molecule has 1 N–H and O–H groups in total. The van der Waals surface area contributed by atoms with Crippen LogP contribution in [0.15, 0.2) is 29.6 Å². The lowest BCUT2D eigenvalue weighted by atomic mass is 9.99. The number of carboxylic acid groups (broad SMARTS) is 1. The fourth-order valence-electron chi connectivity index (χ4n) is 2.70. The molecule has 6 heteroatoms. The van der Waals surface area contributed by atoms with Gasteiger partial charge in [0.1, 0.15) is 6.04 Å². The molecular weight excluding hydrogens is 329 g/mol. The number of fused-ring (bicyclic) bond motifs is 1. The van der Waals surface area contributed by atoms with Gasteiger partial charge in [-0.3, -0.25) is 9.69 Å². The molecule has 0 bridgehead atoms. The summed E-state index contributed by atoms with van der Waals surface area (Å²) < 4.78 is 0. The van der Waals surface area contributed by atoms with E-state index >= 15 is 0 Å². The number of benzene rings is 1. The van der Waals surface area contributed by atoms with Gasteiger partial charge >= 0.3 is 5.97 Å². The van der Waals surface area contributed by atoms with Crippen molar-refractivity contribution in [1.82, 2.24) is 4.90 Å². The van der Waals surface area contributed by atoms with Crippen molar-refractivity contribution in [2.24, 2.45) is 0 Å². The first kappa shape index (κ1) is 14.9. The molecule has 0 spiro atoms. The molecule has 0 radical (unpaired) electrons. The highest BCUT2D eigenvalue weighted by molar-refractivity contribution is 7.10. The highest BCUT2D eigenvalue weighted by Gasteiger charge is 2.33. The smallest absolute Gasteiger partial charge is 0.325 e. The number of carbonyl (C=O) groups is 1. The Hall–Kier alpha value is -1.07. The van der Waals surface area contributed by atoms with E-state index in [-0.39, 0.29) is 0 Å². The molecule has 1 aromatic heterocycles. The molecule has 1 unspecified atom stereocenters. The van der Waals surface area contributed by atoms with E-state index in [9.17, 15) is 9.90 Å². The van der Waals surface area contributed by atoms with Gasteiger partial charge in [-0.05, 0) is 41.1 Å². The predicted molar refractivity (Wildman–Crippen MR) is 85.3 cm³/mol. The molecule has 3 nitrogen and oxygen atoms in total. The molecule has 0 saturated carbocycles. The molecule has 0 amide bonds. The van der Waals surface area contributed by atoms with Crippen molar-refractivity contribution >= 4 is 40.5 Å². The Morgan fingerprint density at radius 3 is 2.86 bits per heavy atom. The van der Waals surface area contributed by atoms with Crippen molar-refractivity contribution in [3.8, 4) is 0 Å². The van der Waals surface area contributed by atoms with Crippen molar-refractivity contribution in [3.05, 3.63) is 55.7 Å². The van der Waals surface area contributed by atoms with Gasteiger partial charge in [-0.2, -0.15) is 0 Å². The van der Waals surface area contributed by atoms with Gasteiger partial charge in [0.15, 0.2) is 0 Å². The van der Waals surface area contributed by atoms with Crippen LogP contribution in [-0.4, -0.2) is 22.5 Å². The topological polar surface area (TPSA) is 40.5 Å². The van der Waals surface area contributed by atoms with Crippen LogP contribution in [0, 0.1) is 0 Å². The highest BCUT2D eigenvalue weighted by atomic mass is 35.5. The van der Waals surface area contributed by atoms with Crippen LogP contribution in [0.3, 0.4) is 0 Å². The van der Waals surface area contributed by atoms with Gasteiger partial charge in [-0.1, -0.05) is 29.3 Å². The van der Waals surface area contributed by atoms with E-state index in [0.717, 1.165) is 24.1 Å². The summed E-state index contributed by atoms with van der Waals surface area (Å²) in [6.45, 7) is 1.27. The Kier molecular flexibility index (Phi) is 4.22. The van der Waals surface area contributed by atoms with Crippen LogP contribution in [0.4, 0.5) is 0 Å². The lowest BCUT2D eigenvalue weighted by molar-refractivity contribution is -0.144. The number of rotatable bonds is 3. The van der Waals surface area contributed by atoms with E-state index in [1.807, 2.05) is 22.4 Å². The van der Waals surface area contributed by atoms with Crippen molar-refractivity contribution in [2.75, 3.05) is 6.54 Å². The lowest BCUT2D eigenvalue weighted by Gasteiger charge is -2.33. The van der Waals surface area contributed by atoms with E-state index in [2.05, 4.69) is 0 Å². The highest BCUT2D eigenvalue weighted by Crippen LogP contribution is 2.34. The van der Waals surface area contributed by atoms with Crippen LogP contribution >= 0.6 is 34.5 Å². The molecule has 1 aromatic carbocycles. The van der Waals surface area contributed by atoms with Crippen LogP contribution in [0.1, 0.15) is 22.0 Å². The average Bonchev–Trinajstić information content (AvgIpc) is 2.90. The van der Waals surface area contributed by atoms with Gasteiger partial charge < -0.3 is 5.11 Å².